The van der Waals surface area contributed by atoms with Gasteiger partial charge in [-0.2, -0.15) is 0 Å². The Morgan fingerprint density at radius 3 is 3.12 bits per heavy atom. The zero-order valence-corrected chi connectivity index (χ0v) is 11.0. The molecule has 0 bridgehead atoms. The molecule has 3 atom stereocenters. The van der Waals surface area contributed by atoms with E-state index in [9.17, 15) is 4.79 Å². The predicted molar refractivity (Wildman–Crippen MR) is 68.9 cm³/mol. The highest BCUT2D eigenvalue weighted by Gasteiger charge is 2.38. The summed E-state index contributed by atoms with van der Waals surface area (Å²) in [7, 11) is 0. The molecule has 2 saturated heterocycles. The fraction of sp³-hybridized carbons (Fsp3) is 0.923. The standard InChI is InChI=1S/C13H25N3O/c1-3-6-15-13(17)10(2)16-7-4-5-11-8-14-9-12(11)16/h10-12,14H,3-9H2,1-2H3,(H,15,17). The van der Waals surface area contributed by atoms with Crippen molar-refractivity contribution in [3.05, 3.63) is 0 Å². The second kappa shape index (κ2) is 5.83. The lowest BCUT2D eigenvalue weighted by Gasteiger charge is -2.40. The van der Waals surface area contributed by atoms with E-state index in [1.807, 2.05) is 6.92 Å². The van der Waals surface area contributed by atoms with Crippen LogP contribution in [0.25, 0.3) is 0 Å². The second-order valence-corrected chi connectivity index (χ2v) is 5.33. The number of likely N-dealkylation sites (tertiary alicyclic amines) is 1. The Morgan fingerprint density at radius 2 is 2.35 bits per heavy atom. The molecular weight excluding hydrogens is 214 g/mol. The van der Waals surface area contributed by atoms with E-state index in [2.05, 4.69) is 22.5 Å². The molecule has 0 aromatic carbocycles. The van der Waals surface area contributed by atoms with Gasteiger partial charge < -0.3 is 10.6 Å². The van der Waals surface area contributed by atoms with Crippen molar-refractivity contribution in [2.75, 3.05) is 26.2 Å². The SMILES string of the molecule is CCCNC(=O)C(C)N1CCCC2CNCC21. The Balaban J connectivity index is 1.93. The van der Waals surface area contributed by atoms with Crippen molar-refractivity contribution in [3.63, 3.8) is 0 Å². The van der Waals surface area contributed by atoms with E-state index >= 15 is 0 Å². The van der Waals surface area contributed by atoms with Crippen LogP contribution in [0.5, 0.6) is 0 Å². The third-order valence-corrected chi connectivity index (χ3v) is 4.15. The number of hydrogen-bond acceptors (Lipinski definition) is 3. The number of carbonyl (C=O) groups excluding carboxylic acids is 1. The van der Waals surface area contributed by atoms with Gasteiger partial charge in [0.1, 0.15) is 0 Å². The lowest BCUT2D eigenvalue weighted by atomic mass is 9.91. The van der Waals surface area contributed by atoms with E-state index in [4.69, 9.17) is 0 Å². The largest absolute Gasteiger partial charge is 0.355 e. The minimum absolute atomic E-state index is 0.0225. The van der Waals surface area contributed by atoms with Gasteiger partial charge >= 0.3 is 0 Å². The van der Waals surface area contributed by atoms with Gasteiger partial charge in [0.2, 0.25) is 5.91 Å². The normalized spacial score (nSPS) is 30.9. The Kier molecular flexibility index (Phi) is 4.40. The maximum atomic E-state index is 12.0. The lowest BCUT2D eigenvalue weighted by molar-refractivity contribution is -0.127. The van der Waals surface area contributed by atoms with Crippen molar-refractivity contribution in [3.8, 4) is 0 Å². The van der Waals surface area contributed by atoms with E-state index in [1.54, 1.807) is 0 Å². The van der Waals surface area contributed by atoms with Gasteiger partial charge in [-0.1, -0.05) is 6.92 Å². The minimum atomic E-state index is 0.0225. The van der Waals surface area contributed by atoms with Crippen molar-refractivity contribution in [2.45, 2.75) is 45.2 Å². The molecule has 2 heterocycles. The third-order valence-electron chi connectivity index (χ3n) is 4.15. The van der Waals surface area contributed by atoms with E-state index in [0.717, 1.165) is 38.5 Å². The van der Waals surface area contributed by atoms with Gasteiger partial charge in [0.25, 0.3) is 0 Å². The molecule has 2 fully saturated rings. The molecule has 0 radical (unpaired) electrons. The van der Waals surface area contributed by atoms with E-state index in [-0.39, 0.29) is 11.9 Å². The van der Waals surface area contributed by atoms with Crippen LogP contribution >= 0.6 is 0 Å². The number of rotatable bonds is 4. The van der Waals surface area contributed by atoms with Crippen LogP contribution in [-0.2, 0) is 4.79 Å². The van der Waals surface area contributed by atoms with Crippen molar-refractivity contribution < 1.29 is 4.79 Å². The molecule has 3 unspecified atom stereocenters. The first kappa shape index (κ1) is 12.8. The van der Waals surface area contributed by atoms with E-state index in [0.29, 0.717) is 6.04 Å². The molecule has 0 spiro atoms. The van der Waals surface area contributed by atoms with Crippen LogP contribution in [0.15, 0.2) is 0 Å². The third kappa shape index (κ3) is 2.80. The average molecular weight is 239 g/mol. The summed E-state index contributed by atoms with van der Waals surface area (Å²) in [5.74, 6) is 0.949. The molecule has 0 aromatic heterocycles. The number of fused-ring (bicyclic) bond motifs is 1. The highest BCUT2D eigenvalue weighted by molar-refractivity contribution is 5.81. The van der Waals surface area contributed by atoms with Gasteiger partial charge in [0, 0.05) is 19.1 Å². The Bertz CT molecular complexity index is 269. The van der Waals surface area contributed by atoms with Gasteiger partial charge in [0.05, 0.1) is 6.04 Å². The Hall–Kier alpha value is -0.610. The number of nitrogens with one attached hydrogen (secondary N) is 2. The molecule has 2 N–H and O–H groups in total. The summed E-state index contributed by atoms with van der Waals surface area (Å²) in [5.41, 5.74) is 0. The van der Waals surface area contributed by atoms with E-state index in [1.165, 1.54) is 12.8 Å². The summed E-state index contributed by atoms with van der Waals surface area (Å²) in [6, 6.07) is 0.598. The molecule has 17 heavy (non-hydrogen) atoms. The molecule has 0 saturated carbocycles. The molecule has 4 heteroatoms. The zero-order valence-electron chi connectivity index (χ0n) is 11.0. The highest BCUT2D eigenvalue weighted by Crippen LogP contribution is 2.27. The van der Waals surface area contributed by atoms with Gasteiger partial charge in [-0.25, -0.2) is 0 Å². The number of hydrogen-bond donors (Lipinski definition) is 2. The molecule has 2 aliphatic heterocycles. The van der Waals surface area contributed by atoms with Gasteiger partial charge in [-0.15, -0.1) is 0 Å². The maximum Gasteiger partial charge on any atom is 0.237 e. The average Bonchev–Trinajstić information content (AvgIpc) is 2.82. The molecule has 2 aliphatic rings. The summed E-state index contributed by atoms with van der Waals surface area (Å²) in [4.78, 5) is 14.4. The van der Waals surface area contributed by atoms with Crippen LogP contribution in [0.4, 0.5) is 0 Å². The van der Waals surface area contributed by atoms with Crippen LogP contribution in [0.2, 0.25) is 0 Å². The van der Waals surface area contributed by atoms with E-state index < -0.39 is 0 Å². The van der Waals surface area contributed by atoms with Crippen LogP contribution in [0, 0.1) is 5.92 Å². The Morgan fingerprint density at radius 1 is 1.53 bits per heavy atom. The first-order valence-electron chi connectivity index (χ1n) is 6.98. The minimum Gasteiger partial charge on any atom is -0.355 e. The highest BCUT2D eigenvalue weighted by atomic mass is 16.2. The summed E-state index contributed by atoms with van der Waals surface area (Å²) in [5, 5.41) is 6.47. The number of piperidine rings is 1. The van der Waals surface area contributed by atoms with Gasteiger partial charge in [-0.05, 0) is 45.2 Å². The fourth-order valence-electron chi connectivity index (χ4n) is 3.13. The second-order valence-electron chi connectivity index (χ2n) is 5.33. The molecular formula is C13H25N3O. The molecule has 2 rings (SSSR count). The van der Waals surface area contributed by atoms with Crippen LogP contribution < -0.4 is 10.6 Å². The molecule has 0 aromatic rings. The maximum absolute atomic E-state index is 12.0. The molecule has 0 aliphatic carbocycles. The number of nitrogens with zero attached hydrogens (tertiary/aromatic N) is 1. The van der Waals surface area contributed by atoms with Crippen LogP contribution in [0.1, 0.15) is 33.1 Å². The number of amides is 1. The first-order chi connectivity index (χ1) is 8.24. The first-order valence-corrected chi connectivity index (χ1v) is 6.98. The fourth-order valence-corrected chi connectivity index (χ4v) is 3.13. The molecule has 4 nitrogen and oxygen atoms in total. The van der Waals surface area contributed by atoms with Gasteiger partial charge in [0.15, 0.2) is 0 Å². The van der Waals surface area contributed by atoms with Gasteiger partial charge in [-0.3, -0.25) is 9.69 Å². The Labute approximate surface area is 104 Å². The smallest absolute Gasteiger partial charge is 0.237 e. The molecule has 98 valence electrons. The van der Waals surface area contributed by atoms with Crippen molar-refractivity contribution in [1.29, 1.82) is 0 Å². The summed E-state index contributed by atoms with van der Waals surface area (Å²) in [6.45, 7) is 8.18. The lowest BCUT2D eigenvalue weighted by Crippen LogP contribution is -2.54. The van der Waals surface area contributed by atoms with Crippen molar-refractivity contribution in [1.82, 2.24) is 15.5 Å². The quantitative estimate of drug-likeness (QED) is 0.754. The predicted octanol–water partition coefficient (Wildman–Crippen LogP) is 0.585. The number of carbonyl (C=O) groups is 1. The summed E-state index contributed by atoms with van der Waals surface area (Å²) in [6.07, 6.45) is 3.55. The topological polar surface area (TPSA) is 44.4 Å². The zero-order chi connectivity index (χ0) is 12.3. The summed E-state index contributed by atoms with van der Waals surface area (Å²) < 4.78 is 0. The van der Waals surface area contributed by atoms with Crippen LogP contribution in [0.3, 0.4) is 0 Å². The van der Waals surface area contributed by atoms with Crippen LogP contribution in [-0.4, -0.2) is 49.1 Å². The van der Waals surface area contributed by atoms with Crippen molar-refractivity contribution >= 4 is 5.91 Å². The summed E-state index contributed by atoms with van der Waals surface area (Å²) >= 11 is 0. The molecule has 1 amide bonds. The monoisotopic (exact) mass is 239 g/mol. The van der Waals surface area contributed by atoms with Crippen molar-refractivity contribution in [2.24, 2.45) is 5.92 Å².